The van der Waals surface area contributed by atoms with E-state index in [-0.39, 0.29) is 11.8 Å². The van der Waals surface area contributed by atoms with Gasteiger partial charge in [0.2, 0.25) is 0 Å². The monoisotopic (exact) mass is 280 g/mol. The molecule has 1 aliphatic heterocycles. The highest BCUT2D eigenvalue weighted by molar-refractivity contribution is 5.35. The topological polar surface area (TPSA) is 35.5 Å². The number of phenols is 1. The average Bonchev–Trinajstić information content (AvgIpc) is 2.45. The van der Waals surface area contributed by atoms with Crippen molar-refractivity contribution >= 4 is 0 Å². The molecular weight excluding hydrogens is 255 g/mol. The van der Waals surface area contributed by atoms with Crippen LogP contribution < -0.4 is 5.32 Å². The highest BCUT2D eigenvalue weighted by atomic mass is 19.1. The van der Waals surface area contributed by atoms with Crippen LogP contribution in [0.3, 0.4) is 0 Å². The Balaban J connectivity index is 2.05. The summed E-state index contributed by atoms with van der Waals surface area (Å²) in [5.41, 5.74) is 0.803. The lowest BCUT2D eigenvalue weighted by molar-refractivity contribution is 0.169. The van der Waals surface area contributed by atoms with Crippen LogP contribution in [0.5, 0.6) is 5.75 Å². The summed E-state index contributed by atoms with van der Waals surface area (Å²) in [5.74, 6) is 0.324. The zero-order chi connectivity index (χ0) is 14.5. The summed E-state index contributed by atoms with van der Waals surface area (Å²) in [4.78, 5) is 2.35. The number of phenolic OH excluding ortho intramolecular Hbond substituents is 1. The van der Waals surface area contributed by atoms with Crippen LogP contribution in [0.2, 0.25) is 0 Å². The first-order valence-corrected chi connectivity index (χ1v) is 7.55. The second-order valence-electron chi connectivity index (χ2n) is 5.68. The normalized spacial score (nSPS) is 21.1. The number of rotatable bonds is 5. The lowest BCUT2D eigenvalue weighted by Crippen LogP contribution is -2.39. The maximum absolute atomic E-state index is 13.1. The van der Waals surface area contributed by atoms with Gasteiger partial charge in [0, 0.05) is 24.2 Å². The maximum Gasteiger partial charge on any atom is 0.126 e. The van der Waals surface area contributed by atoms with Crippen molar-refractivity contribution in [1.29, 1.82) is 0 Å². The predicted octanol–water partition coefficient (Wildman–Crippen LogP) is 2.91. The van der Waals surface area contributed by atoms with E-state index < -0.39 is 5.82 Å². The predicted molar refractivity (Wildman–Crippen MR) is 79.3 cm³/mol. The van der Waals surface area contributed by atoms with Crippen molar-refractivity contribution in [3.8, 4) is 5.75 Å². The molecule has 0 amide bonds. The molecular formula is C16H25FN2O. The highest BCUT2D eigenvalue weighted by Gasteiger charge is 2.22. The SMILES string of the molecule is CCN(CC1CCCNC1)C(C)c1ccc(F)cc1O. The van der Waals surface area contributed by atoms with Crippen molar-refractivity contribution in [3.63, 3.8) is 0 Å². The van der Waals surface area contributed by atoms with Gasteiger partial charge in [0.05, 0.1) is 0 Å². The molecule has 2 atom stereocenters. The second kappa shape index (κ2) is 7.04. The van der Waals surface area contributed by atoms with Gasteiger partial charge in [-0.15, -0.1) is 0 Å². The van der Waals surface area contributed by atoms with Crippen molar-refractivity contribution in [2.24, 2.45) is 5.92 Å². The third-order valence-electron chi connectivity index (χ3n) is 4.29. The van der Waals surface area contributed by atoms with Crippen molar-refractivity contribution in [1.82, 2.24) is 10.2 Å². The summed E-state index contributed by atoms with van der Waals surface area (Å²) in [6.07, 6.45) is 2.49. The van der Waals surface area contributed by atoms with Crippen LogP contribution in [-0.2, 0) is 0 Å². The smallest absolute Gasteiger partial charge is 0.126 e. The Labute approximate surface area is 120 Å². The van der Waals surface area contributed by atoms with Crippen LogP contribution in [0.4, 0.5) is 4.39 Å². The molecule has 20 heavy (non-hydrogen) atoms. The zero-order valence-corrected chi connectivity index (χ0v) is 12.4. The number of aromatic hydroxyl groups is 1. The van der Waals surface area contributed by atoms with E-state index in [1.54, 1.807) is 6.07 Å². The van der Waals surface area contributed by atoms with Crippen LogP contribution in [0.1, 0.15) is 38.3 Å². The lowest BCUT2D eigenvalue weighted by atomic mass is 9.97. The van der Waals surface area contributed by atoms with Gasteiger partial charge in [0.15, 0.2) is 0 Å². The van der Waals surface area contributed by atoms with E-state index in [2.05, 4.69) is 24.1 Å². The Bertz CT molecular complexity index is 432. The summed E-state index contributed by atoms with van der Waals surface area (Å²) >= 11 is 0. The third-order valence-corrected chi connectivity index (χ3v) is 4.29. The molecule has 4 heteroatoms. The van der Waals surface area contributed by atoms with Crippen molar-refractivity contribution < 1.29 is 9.50 Å². The Morgan fingerprint density at radius 1 is 1.50 bits per heavy atom. The zero-order valence-electron chi connectivity index (χ0n) is 12.4. The molecule has 0 radical (unpaired) electrons. The Morgan fingerprint density at radius 2 is 2.30 bits per heavy atom. The van der Waals surface area contributed by atoms with E-state index in [1.807, 2.05) is 0 Å². The summed E-state index contributed by atoms with van der Waals surface area (Å²) in [7, 11) is 0. The van der Waals surface area contributed by atoms with Crippen LogP contribution in [0.15, 0.2) is 18.2 Å². The molecule has 2 unspecified atom stereocenters. The molecule has 1 heterocycles. The van der Waals surface area contributed by atoms with Gasteiger partial charge in [-0.25, -0.2) is 4.39 Å². The first kappa shape index (κ1) is 15.3. The quantitative estimate of drug-likeness (QED) is 0.870. The number of hydrogen-bond donors (Lipinski definition) is 2. The molecule has 1 aromatic rings. The minimum atomic E-state index is -0.391. The number of benzene rings is 1. The van der Waals surface area contributed by atoms with Crippen LogP contribution in [0.25, 0.3) is 0 Å². The average molecular weight is 280 g/mol. The summed E-state index contributed by atoms with van der Waals surface area (Å²) in [6, 6.07) is 4.41. The number of halogens is 1. The molecule has 1 aliphatic rings. The van der Waals surface area contributed by atoms with Gasteiger partial charge in [-0.3, -0.25) is 4.90 Å². The fourth-order valence-electron chi connectivity index (χ4n) is 3.04. The van der Waals surface area contributed by atoms with Gasteiger partial charge in [-0.2, -0.15) is 0 Å². The summed E-state index contributed by atoms with van der Waals surface area (Å²) in [5, 5.41) is 13.4. The van der Waals surface area contributed by atoms with E-state index in [1.165, 1.54) is 25.0 Å². The molecule has 0 aliphatic carbocycles. The Kier molecular flexibility index (Phi) is 5.38. The standard InChI is InChI=1S/C16H25FN2O/c1-3-19(11-13-5-4-8-18-10-13)12(2)15-7-6-14(17)9-16(15)20/h6-7,9,12-13,18,20H,3-5,8,10-11H2,1-2H3. The van der Waals surface area contributed by atoms with Crippen molar-refractivity contribution in [3.05, 3.63) is 29.6 Å². The van der Waals surface area contributed by atoms with Gasteiger partial charge >= 0.3 is 0 Å². The summed E-state index contributed by atoms with van der Waals surface area (Å²) < 4.78 is 13.1. The molecule has 1 aromatic carbocycles. The van der Waals surface area contributed by atoms with Crippen LogP contribution >= 0.6 is 0 Å². The first-order chi connectivity index (χ1) is 9.61. The van der Waals surface area contributed by atoms with E-state index in [9.17, 15) is 9.50 Å². The minimum absolute atomic E-state index is 0.0534. The molecule has 1 fully saturated rings. The second-order valence-corrected chi connectivity index (χ2v) is 5.68. The van der Waals surface area contributed by atoms with Gasteiger partial charge in [0.1, 0.15) is 11.6 Å². The van der Waals surface area contributed by atoms with E-state index >= 15 is 0 Å². The van der Waals surface area contributed by atoms with E-state index in [0.717, 1.165) is 31.7 Å². The molecule has 2 N–H and O–H groups in total. The van der Waals surface area contributed by atoms with Crippen molar-refractivity contribution in [2.45, 2.75) is 32.7 Å². The maximum atomic E-state index is 13.1. The molecule has 3 nitrogen and oxygen atoms in total. The molecule has 1 saturated heterocycles. The van der Waals surface area contributed by atoms with Gasteiger partial charge in [-0.1, -0.05) is 13.0 Å². The van der Waals surface area contributed by atoms with Crippen molar-refractivity contribution in [2.75, 3.05) is 26.2 Å². The summed E-state index contributed by atoms with van der Waals surface area (Å²) in [6.45, 7) is 8.34. The molecule has 112 valence electrons. The fourth-order valence-corrected chi connectivity index (χ4v) is 3.04. The molecule has 2 rings (SSSR count). The Morgan fingerprint density at radius 3 is 2.90 bits per heavy atom. The molecule has 0 spiro atoms. The number of piperidine rings is 1. The van der Waals surface area contributed by atoms with Crippen LogP contribution in [0, 0.1) is 11.7 Å². The Hall–Kier alpha value is -1.13. The fraction of sp³-hybridized carbons (Fsp3) is 0.625. The number of nitrogens with zero attached hydrogens (tertiary/aromatic N) is 1. The minimum Gasteiger partial charge on any atom is -0.508 e. The van der Waals surface area contributed by atoms with Gasteiger partial charge in [-0.05, 0) is 51.4 Å². The molecule has 0 saturated carbocycles. The largest absolute Gasteiger partial charge is 0.508 e. The van der Waals surface area contributed by atoms with Gasteiger partial charge < -0.3 is 10.4 Å². The number of nitrogens with one attached hydrogen (secondary N) is 1. The lowest BCUT2D eigenvalue weighted by Gasteiger charge is -2.33. The molecule has 0 aromatic heterocycles. The van der Waals surface area contributed by atoms with E-state index in [0.29, 0.717) is 5.92 Å². The van der Waals surface area contributed by atoms with E-state index in [4.69, 9.17) is 0 Å². The van der Waals surface area contributed by atoms with Crippen LogP contribution in [-0.4, -0.2) is 36.2 Å². The highest BCUT2D eigenvalue weighted by Crippen LogP contribution is 2.29. The first-order valence-electron chi connectivity index (χ1n) is 7.55. The number of hydrogen-bond acceptors (Lipinski definition) is 3. The van der Waals surface area contributed by atoms with Gasteiger partial charge in [0.25, 0.3) is 0 Å². The molecule has 0 bridgehead atoms. The third kappa shape index (κ3) is 3.70.